The summed E-state index contributed by atoms with van der Waals surface area (Å²) in [5, 5.41) is 7.84. The largest absolute Gasteiger partial charge is 0.296 e. The van der Waals surface area contributed by atoms with Crippen molar-refractivity contribution >= 4 is 33.7 Å². The third-order valence-corrected chi connectivity index (χ3v) is 5.37. The number of amides is 1. The van der Waals surface area contributed by atoms with Crippen LogP contribution in [0.1, 0.15) is 16.1 Å². The van der Waals surface area contributed by atoms with Crippen molar-refractivity contribution < 1.29 is 4.79 Å². The van der Waals surface area contributed by atoms with Gasteiger partial charge in [-0.15, -0.1) is 22.7 Å². The van der Waals surface area contributed by atoms with E-state index in [-0.39, 0.29) is 5.91 Å². The minimum absolute atomic E-state index is 0.258. The van der Waals surface area contributed by atoms with E-state index in [2.05, 4.69) is 20.3 Å². The van der Waals surface area contributed by atoms with E-state index in [1.807, 2.05) is 48.7 Å². The van der Waals surface area contributed by atoms with Crippen LogP contribution in [0.3, 0.4) is 0 Å². The molecule has 3 aromatic heterocycles. The SMILES string of the molecule is Cc1ccc(-c2nc(C(=O)Nc3nc(-c4cccnc4)cs3)cs2)cc1. The number of aromatic nitrogens is 3. The maximum atomic E-state index is 12.4. The first kappa shape index (κ1) is 16.6. The number of hydrogen-bond donors (Lipinski definition) is 1. The molecule has 1 N–H and O–H groups in total. The molecule has 0 aliphatic rings. The van der Waals surface area contributed by atoms with Crippen molar-refractivity contribution in [1.29, 1.82) is 0 Å². The van der Waals surface area contributed by atoms with Crippen LogP contribution in [-0.2, 0) is 0 Å². The Labute approximate surface area is 158 Å². The van der Waals surface area contributed by atoms with Gasteiger partial charge in [-0.2, -0.15) is 0 Å². The van der Waals surface area contributed by atoms with Gasteiger partial charge >= 0.3 is 0 Å². The molecule has 128 valence electrons. The highest BCUT2D eigenvalue weighted by atomic mass is 32.1. The number of pyridine rings is 1. The van der Waals surface area contributed by atoms with Crippen LogP contribution in [0.15, 0.2) is 59.6 Å². The first-order valence-electron chi connectivity index (χ1n) is 7.89. The predicted molar refractivity (Wildman–Crippen MR) is 106 cm³/mol. The zero-order valence-corrected chi connectivity index (χ0v) is 15.5. The number of rotatable bonds is 4. The zero-order chi connectivity index (χ0) is 17.9. The second-order valence-corrected chi connectivity index (χ2v) is 7.35. The molecule has 0 aliphatic heterocycles. The number of nitrogens with one attached hydrogen (secondary N) is 1. The lowest BCUT2D eigenvalue weighted by Gasteiger charge is -1.99. The Morgan fingerprint density at radius 2 is 1.85 bits per heavy atom. The van der Waals surface area contributed by atoms with Crippen molar-refractivity contribution in [3.05, 3.63) is 70.8 Å². The van der Waals surface area contributed by atoms with Gasteiger partial charge < -0.3 is 0 Å². The number of benzene rings is 1. The van der Waals surface area contributed by atoms with Crippen LogP contribution in [0.5, 0.6) is 0 Å². The fourth-order valence-electron chi connectivity index (χ4n) is 2.35. The predicted octanol–water partition coefficient (Wildman–Crippen LogP) is 4.89. The highest BCUT2D eigenvalue weighted by molar-refractivity contribution is 7.14. The Balaban J connectivity index is 1.49. The van der Waals surface area contributed by atoms with Crippen LogP contribution in [0, 0.1) is 6.92 Å². The molecule has 1 amide bonds. The van der Waals surface area contributed by atoms with Gasteiger partial charge in [0.1, 0.15) is 10.7 Å². The first-order chi connectivity index (χ1) is 12.7. The second kappa shape index (κ2) is 7.15. The summed E-state index contributed by atoms with van der Waals surface area (Å²) in [5.41, 5.74) is 4.30. The standard InChI is InChI=1S/C19H14N4OS2/c1-12-4-6-13(7-5-12)18-21-16(11-25-18)17(24)23-19-22-15(10-26-19)14-3-2-8-20-9-14/h2-11H,1H3,(H,22,23,24). The summed E-state index contributed by atoms with van der Waals surface area (Å²) in [5.74, 6) is -0.258. The molecule has 0 saturated heterocycles. The molecular formula is C19H14N4OS2. The van der Waals surface area contributed by atoms with E-state index in [1.54, 1.807) is 17.8 Å². The summed E-state index contributed by atoms with van der Waals surface area (Å²) in [6.45, 7) is 2.04. The lowest BCUT2D eigenvalue weighted by Crippen LogP contribution is -2.12. The summed E-state index contributed by atoms with van der Waals surface area (Å²) < 4.78 is 0. The van der Waals surface area contributed by atoms with E-state index in [9.17, 15) is 4.79 Å². The van der Waals surface area contributed by atoms with E-state index in [1.165, 1.54) is 28.2 Å². The van der Waals surface area contributed by atoms with E-state index in [0.29, 0.717) is 10.8 Å². The van der Waals surface area contributed by atoms with Gasteiger partial charge in [0.15, 0.2) is 5.13 Å². The minimum Gasteiger partial charge on any atom is -0.296 e. The Hall–Kier alpha value is -2.90. The molecule has 4 aromatic rings. The topological polar surface area (TPSA) is 67.8 Å². The fourth-order valence-corrected chi connectivity index (χ4v) is 3.87. The van der Waals surface area contributed by atoms with Crippen molar-refractivity contribution in [2.75, 3.05) is 5.32 Å². The molecule has 7 heteroatoms. The average molecular weight is 378 g/mol. The average Bonchev–Trinajstić information content (AvgIpc) is 3.33. The van der Waals surface area contributed by atoms with Crippen LogP contribution >= 0.6 is 22.7 Å². The van der Waals surface area contributed by atoms with Crippen LogP contribution < -0.4 is 5.32 Å². The number of nitrogens with zero attached hydrogens (tertiary/aromatic N) is 3. The van der Waals surface area contributed by atoms with Crippen LogP contribution in [-0.4, -0.2) is 20.9 Å². The molecule has 0 unspecified atom stereocenters. The van der Waals surface area contributed by atoms with Crippen LogP contribution in [0.2, 0.25) is 0 Å². The number of carbonyl (C=O) groups is 1. The van der Waals surface area contributed by atoms with Crippen LogP contribution in [0.4, 0.5) is 5.13 Å². The van der Waals surface area contributed by atoms with E-state index in [4.69, 9.17) is 0 Å². The Kier molecular flexibility index (Phi) is 4.55. The third-order valence-electron chi connectivity index (χ3n) is 3.72. The van der Waals surface area contributed by atoms with Gasteiger partial charge in [-0.1, -0.05) is 29.8 Å². The molecule has 4 rings (SSSR count). The third kappa shape index (κ3) is 3.54. The number of anilines is 1. The summed E-state index contributed by atoms with van der Waals surface area (Å²) >= 11 is 2.83. The van der Waals surface area contributed by atoms with E-state index in [0.717, 1.165) is 21.8 Å². The van der Waals surface area contributed by atoms with Gasteiger partial charge in [-0.05, 0) is 19.1 Å². The lowest BCUT2D eigenvalue weighted by atomic mass is 10.2. The highest BCUT2D eigenvalue weighted by Crippen LogP contribution is 2.26. The first-order valence-corrected chi connectivity index (χ1v) is 9.65. The number of hydrogen-bond acceptors (Lipinski definition) is 6. The van der Waals surface area contributed by atoms with Gasteiger partial charge in [0.2, 0.25) is 0 Å². The molecule has 0 fully saturated rings. The smallest absolute Gasteiger partial charge is 0.276 e. The minimum atomic E-state index is -0.258. The Morgan fingerprint density at radius 3 is 2.62 bits per heavy atom. The molecular weight excluding hydrogens is 364 g/mol. The number of carbonyl (C=O) groups excluding carboxylic acids is 1. The number of aryl methyl sites for hydroxylation is 1. The van der Waals surface area contributed by atoms with Crippen molar-refractivity contribution in [1.82, 2.24) is 15.0 Å². The van der Waals surface area contributed by atoms with Crippen molar-refractivity contribution in [2.24, 2.45) is 0 Å². The zero-order valence-electron chi connectivity index (χ0n) is 13.8. The molecule has 5 nitrogen and oxygen atoms in total. The Bertz CT molecular complexity index is 1040. The summed E-state index contributed by atoms with van der Waals surface area (Å²) in [6, 6.07) is 11.9. The summed E-state index contributed by atoms with van der Waals surface area (Å²) in [7, 11) is 0. The monoisotopic (exact) mass is 378 g/mol. The van der Waals surface area contributed by atoms with Crippen LogP contribution in [0.25, 0.3) is 21.8 Å². The maximum absolute atomic E-state index is 12.4. The molecule has 0 saturated carbocycles. The van der Waals surface area contributed by atoms with Crippen molar-refractivity contribution in [3.63, 3.8) is 0 Å². The summed E-state index contributed by atoms with van der Waals surface area (Å²) in [4.78, 5) is 25.4. The van der Waals surface area contributed by atoms with Gasteiger partial charge in [-0.3, -0.25) is 15.1 Å². The molecule has 0 atom stereocenters. The van der Waals surface area contributed by atoms with E-state index < -0.39 is 0 Å². The number of thiazole rings is 2. The Morgan fingerprint density at radius 1 is 1.00 bits per heavy atom. The van der Waals surface area contributed by atoms with Gasteiger partial charge in [0.05, 0.1) is 5.69 Å². The fraction of sp³-hybridized carbons (Fsp3) is 0.0526. The molecule has 26 heavy (non-hydrogen) atoms. The van der Waals surface area contributed by atoms with Gasteiger partial charge in [0.25, 0.3) is 5.91 Å². The van der Waals surface area contributed by atoms with Gasteiger partial charge in [0, 0.05) is 34.3 Å². The normalized spacial score (nSPS) is 10.7. The molecule has 0 radical (unpaired) electrons. The molecule has 1 aromatic carbocycles. The van der Waals surface area contributed by atoms with Crippen molar-refractivity contribution in [2.45, 2.75) is 6.92 Å². The molecule has 0 bridgehead atoms. The maximum Gasteiger partial charge on any atom is 0.276 e. The van der Waals surface area contributed by atoms with Crippen molar-refractivity contribution in [3.8, 4) is 21.8 Å². The lowest BCUT2D eigenvalue weighted by molar-refractivity contribution is 0.102. The molecule has 0 spiro atoms. The molecule has 0 aliphatic carbocycles. The summed E-state index contributed by atoms with van der Waals surface area (Å²) in [6.07, 6.45) is 3.46. The van der Waals surface area contributed by atoms with E-state index >= 15 is 0 Å². The highest BCUT2D eigenvalue weighted by Gasteiger charge is 2.14. The second-order valence-electron chi connectivity index (χ2n) is 5.64. The van der Waals surface area contributed by atoms with Gasteiger partial charge in [-0.25, -0.2) is 9.97 Å². The quantitative estimate of drug-likeness (QED) is 0.549. The molecule has 3 heterocycles.